The van der Waals surface area contributed by atoms with Gasteiger partial charge in [-0.2, -0.15) is 0 Å². The topological polar surface area (TPSA) is 17.8 Å². The van der Waals surface area contributed by atoms with Crippen molar-refractivity contribution >= 4 is 77.1 Å². The van der Waals surface area contributed by atoms with Crippen LogP contribution >= 0.6 is 66.1 Å². The lowest BCUT2D eigenvalue weighted by atomic mass is 10.2. The third-order valence-electron chi connectivity index (χ3n) is 3.15. The molecule has 0 saturated carbocycles. The van der Waals surface area contributed by atoms with E-state index >= 15 is 0 Å². The maximum absolute atomic E-state index is 6.34. The van der Waals surface area contributed by atoms with Crippen molar-refractivity contribution in [2.75, 3.05) is 0 Å². The van der Waals surface area contributed by atoms with E-state index in [4.69, 9.17) is 16.6 Å². The van der Waals surface area contributed by atoms with E-state index in [2.05, 4.69) is 83.3 Å². The van der Waals surface area contributed by atoms with E-state index in [0.717, 1.165) is 35.1 Å². The molecule has 0 aliphatic carbocycles. The van der Waals surface area contributed by atoms with Crippen LogP contribution in [-0.2, 0) is 0 Å². The van der Waals surface area contributed by atoms with E-state index in [0.29, 0.717) is 0 Å². The summed E-state index contributed by atoms with van der Waals surface area (Å²) in [5.74, 6) is 0.844. The standard InChI is InChI=1S/C15H10Br2ClIN2/c1-8(18)15-20-12-7-10(19)3-5-14(12)21(15)13-4-2-9(16)6-11(13)17/h2-8H,1H3. The van der Waals surface area contributed by atoms with Gasteiger partial charge in [-0.3, -0.25) is 4.57 Å². The Morgan fingerprint density at radius 2 is 1.95 bits per heavy atom. The van der Waals surface area contributed by atoms with E-state index < -0.39 is 0 Å². The van der Waals surface area contributed by atoms with Crippen molar-refractivity contribution < 1.29 is 0 Å². The first-order valence-electron chi connectivity index (χ1n) is 6.25. The molecule has 1 aromatic heterocycles. The van der Waals surface area contributed by atoms with Crippen molar-refractivity contribution in [3.63, 3.8) is 0 Å². The molecule has 0 aliphatic heterocycles. The van der Waals surface area contributed by atoms with Crippen LogP contribution in [0.5, 0.6) is 0 Å². The van der Waals surface area contributed by atoms with Crippen molar-refractivity contribution in [3.8, 4) is 5.69 Å². The highest BCUT2D eigenvalue weighted by molar-refractivity contribution is 14.1. The van der Waals surface area contributed by atoms with Crippen LogP contribution in [0.2, 0.25) is 0 Å². The summed E-state index contributed by atoms with van der Waals surface area (Å²) in [5, 5.41) is -0.175. The van der Waals surface area contributed by atoms with Gasteiger partial charge in [-0.15, -0.1) is 11.6 Å². The number of hydrogen-bond acceptors (Lipinski definition) is 1. The fourth-order valence-corrected chi connectivity index (χ4v) is 4.10. The van der Waals surface area contributed by atoms with E-state index in [9.17, 15) is 0 Å². The number of nitrogens with zero attached hydrogens (tertiary/aromatic N) is 2. The zero-order chi connectivity index (χ0) is 15.1. The van der Waals surface area contributed by atoms with E-state index in [1.54, 1.807) is 0 Å². The van der Waals surface area contributed by atoms with Crippen LogP contribution in [0.1, 0.15) is 18.1 Å². The van der Waals surface area contributed by atoms with Crippen LogP contribution in [-0.4, -0.2) is 9.55 Å². The summed E-state index contributed by atoms with van der Waals surface area (Å²) in [6.07, 6.45) is 0. The molecule has 0 aliphatic rings. The van der Waals surface area contributed by atoms with Crippen LogP contribution in [0, 0.1) is 3.57 Å². The number of fused-ring (bicyclic) bond motifs is 1. The van der Waals surface area contributed by atoms with Gasteiger partial charge in [0.05, 0.1) is 22.1 Å². The minimum absolute atomic E-state index is 0.175. The largest absolute Gasteiger partial charge is 0.294 e. The lowest BCUT2D eigenvalue weighted by Gasteiger charge is -2.12. The van der Waals surface area contributed by atoms with Gasteiger partial charge in [-0.1, -0.05) is 15.9 Å². The van der Waals surface area contributed by atoms with Gasteiger partial charge in [-0.05, 0) is 81.8 Å². The smallest absolute Gasteiger partial charge is 0.132 e. The normalized spacial score (nSPS) is 12.8. The number of alkyl halides is 1. The molecule has 0 bridgehead atoms. The molecule has 21 heavy (non-hydrogen) atoms. The van der Waals surface area contributed by atoms with Gasteiger partial charge >= 0.3 is 0 Å². The lowest BCUT2D eigenvalue weighted by molar-refractivity contribution is 0.880. The number of aromatic nitrogens is 2. The molecule has 0 fully saturated rings. The Bertz CT molecular complexity index is 830. The molecular weight excluding hydrogens is 530 g/mol. The second kappa shape index (κ2) is 6.18. The first kappa shape index (κ1) is 15.8. The number of halogens is 4. The van der Waals surface area contributed by atoms with Crippen molar-refractivity contribution in [1.29, 1.82) is 0 Å². The first-order valence-corrected chi connectivity index (χ1v) is 9.35. The number of hydrogen-bond donors (Lipinski definition) is 0. The molecule has 6 heteroatoms. The summed E-state index contributed by atoms with van der Waals surface area (Å²) in [6.45, 7) is 1.94. The monoisotopic (exact) mass is 538 g/mol. The molecule has 108 valence electrons. The molecule has 2 nitrogen and oxygen atoms in total. The van der Waals surface area contributed by atoms with Gasteiger partial charge in [0, 0.05) is 12.5 Å². The second-order valence-electron chi connectivity index (χ2n) is 4.65. The summed E-state index contributed by atoms with van der Waals surface area (Å²) in [4.78, 5) is 4.71. The highest BCUT2D eigenvalue weighted by Gasteiger charge is 2.18. The Balaban J connectivity index is 2.36. The molecule has 2 aromatic carbocycles. The van der Waals surface area contributed by atoms with Gasteiger partial charge in [0.25, 0.3) is 0 Å². The van der Waals surface area contributed by atoms with Crippen LogP contribution in [0.3, 0.4) is 0 Å². The Morgan fingerprint density at radius 1 is 1.19 bits per heavy atom. The predicted molar refractivity (Wildman–Crippen MR) is 103 cm³/mol. The summed E-state index contributed by atoms with van der Waals surface area (Å²) >= 11 is 15.8. The fourth-order valence-electron chi connectivity index (χ4n) is 2.25. The predicted octanol–water partition coefficient (Wildman–Crippen LogP) is 6.45. The van der Waals surface area contributed by atoms with E-state index in [1.165, 1.54) is 0 Å². The highest BCUT2D eigenvalue weighted by Crippen LogP contribution is 2.33. The Morgan fingerprint density at radius 3 is 2.62 bits per heavy atom. The molecule has 1 heterocycles. The van der Waals surface area contributed by atoms with E-state index in [1.807, 2.05) is 19.1 Å². The average molecular weight is 540 g/mol. The van der Waals surface area contributed by atoms with Crippen LogP contribution in [0.25, 0.3) is 16.7 Å². The van der Waals surface area contributed by atoms with Crippen molar-refractivity contribution in [2.24, 2.45) is 0 Å². The van der Waals surface area contributed by atoms with Crippen molar-refractivity contribution in [1.82, 2.24) is 9.55 Å². The van der Waals surface area contributed by atoms with Crippen molar-refractivity contribution in [2.45, 2.75) is 12.3 Å². The quantitative estimate of drug-likeness (QED) is 0.270. The van der Waals surface area contributed by atoms with Crippen LogP contribution in [0.4, 0.5) is 0 Å². The van der Waals surface area contributed by atoms with Gasteiger partial charge in [0.1, 0.15) is 5.82 Å². The molecule has 0 amide bonds. The molecule has 1 unspecified atom stereocenters. The van der Waals surface area contributed by atoms with Gasteiger partial charge in [0.15, 0.2) is 0 Å². The van der Waals surface area contributed by atoms with Crippen LogP contribution in [0.15, 0.2) is 45.3 Å². The highest BCUT2D eigenvalue weighted by atomic mass is 127. The summed E-state index contributed by atoms with van der Waals surface area (Å²) < 4.78 is 5.29. The average Bonchev–Trinajstić information content (AvgIpc) is 2.77. The molecule has 0 radical (unpaired) electrons. The number of imidazole rings is 1. The third-order valence-corrected chi connectivity index (χ3v) is 5.14. The molecule has 3 aromatic rings. The number of rotatable bonds is 2. The zero-order valence-corrected chi connectivity index (χ0v) is 17.0. The zero-order valence-electron chi connectivity index (χ0n) is 10.9. The summed E-state index contributed by atoms with van der Waals surface area (Å²) in [6, 6.07) is 12.3. The Kier molecular flexibility index (Phi) is 4.64. The first-order chi connectivity index (χ1) is 9.97. The Labute approximate surface area is 158 Å². The molecule has 1 atom stereocenters. The maximum Gasteiger partial charge on any atom is 0.132 e. The minimum Gasteiger partial charge on any atom is -0.294 e. The lowest BCUT2D eigenvalue weighted by Crippen LogP contribution is -2.02. The van der Waals surface area contributed by atoms with Gasteiger partial charge < -0.3 is 0 Å². The van der Waals surface area contributed by atoms with Gasteiger partial charge in [-0.25, -0.2) is 4.98 Å². The summed E-state index contributed by atoms with van der Waals surface area (Å²) in [5.41, 5.74) is 3.05. The second-order valence-corrected chi connectivity index (χ2v) is 8.32. The third kappa shape index (κ3) is 3.02. The molecule has 3 rings (SSSR count). The molecular formula is C15H10Br2ClIN2. The SMILES string of the molecule is CC(Cl)c1nc2cc(I)ccc2n1-c1ccc(Br)cc1Br. The minimum atomic E-state index is -0.175. The van der Waals surface area contributed by atoms with Gasteiger partial charge in [0.2, 0.25) is 0 Å². The van der Waals surface area contributed by atoms with E-state index in [-0.39, 0.29) is 5.38 Å². The molecule has 0 spiro atoms. The maximum atomic E-state index is 6.34. The molecule has 0 saturated heterocycles. The van der Waals surface area contributed by atoms with Crippen molar-refractivity contribution in [3.05, 3.63) is 54.7 Å². The fraction of sp³-hybridized carbons (Fsp3) is 0.133. The number of benzene rings is 2. The Hall–Kier alpha value is -0.110. The molecule has 0 N–H and O–H groups in total. The van der Waals surface area contributed by atoms with Crippen LogP contribution < -0.4 is 0 Å². The summed E-state index contributed by atoms with van der Waals surface area (Å²) in [7, 11) is 0.